The van der Waals surface area contributed by atoms with Crippen molar-refractivity contribution >= 4 is 13.2 Å². The Hall–Kier alpha value is -1.14. The molecule has 2 heterocycles. The monoisotopic (exact) mass is 334 g/mol. The van der Waals surface area contributed by atoms with Crippen LogP contribution in [0.3, 0.4) is 0 Å². The Bertz CT molecular complexity index is 631. The maximum atomic E-state index is 14.9. The minimum absolute atomic E-state index is 0.229. The molecular weight excluding hydrogens is 306 g/mol. The third kappa shape index (κ3) is 2.95. The molecule has 4 nitrogen and oxygen atoms in total. The molecule has 0 bridgehead atoms. The number of halogens is 1. The van der Waals surface area contributed by atoms with E-state index in [0.717, 1.165) is 29.8 Å². The van der Waals surface area contributed by atoms with E-state index in [1.165, 1.54) is 6.42 Å². The molecule has 1 saturated carbocycles. The van der Waals surface area contributed by atoms with Crippen LogP contribution in [0.1, 0.15) is 89.6 Å². The first-order valence-electron chi connectivity index (χ1n) is 8.93. The number of aromatic amines is 1. The van der Waals surface area contributed by atoms with Crippen molar-refractivity contribution in [2.45, 2.75) is 83.8 Å². The van der Waals surface area contributed by atoms with Crippen LogP contribution in [0.15, 0.2) is 5.73 Å². The van der Waals surface area contributed by atoms with E-state index in [0.29, 0.717) is 5.92 Å². The zero-order valence-electron chi connectivity index (χ0n) is 15.6. The molecule has 1 aliphatic heterocycles. The van der Waals surface area contributed by atoms with E-state index < -0.39 is 24.0 Å². The number of hydrogen-bond donors (Lipinski definition) is 1. The van der Waals surface area contributed by atoms with E-state index in [4.69, 9.17) is 9.31 Å². The van der Waals surface area contributed by atoms with Crippen LogP contribution < -0.4 is 0 Å². The lowest BCUT2D eigenvalue weighted by Crippen LogP contribution is -2.41. The van der Waals surface area contributed by atoms with Crippen molar-refractivity contribution in [1.82, 2.24) is 10.2 Å². The summed E-state index contributed by atoms with van der Waals surface area (Å²) >= 11 is 0. The highest BCUT2D eigenvalue weighted by Crippen LogP contribution is 2.41. The molecule has 0 spiro atoms. The highest BCUT2D eigenvalue weighted by atomic mass is 19.1. The van der Waals surface area contributed by atoms with Gasteiger partial charge in [-0.25, -0.2) is 4.39 Å². The first-order chi connectivity index (χ1) is 11.1. The van der Waals surface area contributed by atoms with E-state index in [-0.39, 0.29) is 5.92 Å². The van der Waals surface area contributed by atoms with Gasteiger partial charge in [-0.1, -0.05) is 20.3 Å². The van der Waals surface area contributed by atoms with Gasteiger partial charge >= 0.3 is 7.12 Å². The van der Waals surface area contributed by atoms with Gasteiger partial charge in [-0.2, -0.15) is 5.10 Å². The lowest BCUT2D eigenvalue weighted by atomic mass is 9.79. The van der Waals surface area contributed by atoms with E-state index >= 15 is 0 Å². The molecule has 0 atom stereocenters. The molecule has 132 valence electrons. The maximum absolute atomic E-state index is 14.9. The fourth-order valence-electron chi connectivity index (χ4n) is 3.14. The summed E-state index contributed by atoms with van der Waals surface area (Å²) in [6.45, 7) is 11.9. The van der Waals surface area contributed by atoms with Crippen molar-refractivity contribution in [3.8, 4) is 0 Å². The summed E-state index contributed by atoms with van der Waals surface area (Å²) in [5.74, 6) is 0.690. The van der Waals surface area contributed by atoms with Gasteiger partial charge in [0, 0.05) is 17.2 Å². The first kappa shape index (κ1) is 17.7. The summed E-state index contributed by atoms with van der Waals surface area (Å²) in [4.78, 5) is 0. The molecule has 0 amide bonds. The fourth-order valence-corrected chi connectivity index (χ4v) is 3.14. The molecule has 2 fully saturated rings. The smallest absolute Gasteiger partial charge is 0.398 e. The van der Waals surface area contributed by atoms with Gasteiger partial charge in [0.05, 0.1) is 16.9 Å². The molecule has 1 aliphatic carbocycles. The molecule has 2 aliphatic rings. The Balaban J connectivity index is 1.92. The molecule has 0 unspecified atom stereocenters. The molecule has 0 aromatic carbocycles. The van der Waals surface area contributed by atoms with Crippen molar-refractivity contribution in [3.05, 3.63) is 22.7 Å². The average Bonchev–Trinajstić information content (AvgIpc) is 2.88. The van der Waals surface area contributed by atoms with E-state index in [1.54, 1.807) is 6.08 Å². The molecular formula is C18H28BFN2O2. The maximum Gasteiger partial charge on any atom is 0.525 e. The molecule has 1 aromatic heterocycles. The number of hydrogen-bond acceptors (Lipinski definition) is 3. The van der Waals surface area contributed by atoms with Crippen LogP contribution in [0, 0.1) is 0 Å². The van der Waals surface area contributed by atoms with Gasteiger partial charge in [-0.3, -0.25) is 5.10 Å². The summed E-state index contributed by atoms with van der Waals surface area (Å²) in [6, 6.07) is 0. The minimum atomic E-state index is -0.959. The van der Waals surface area contributed by atoms with Gasteiger partial charge < -0.3 is 9.31 Å². The number of rotatable bonds is 4. The average molecular weight is 334 g/mol. The summed E-state index contributed by atoms with van der Waals surface area (Å²) in [5.41, 5.74) is 1.35. The highest BCUT2D eigenvalue weighted by molar-refractivity contribution is 6.54. The van der Waals surface area contributed by atoms with Crippen molar-refractivity contribution in [2.24, 2.45) is 0 Å². The quantitative estimate of drug-likeness (QED) is 0.809. The van der Waals surface area contributed by atoms with Crippen LogP contribution in [-0.2, 0) is 9.31 Å². The lowest BCUT2D eigenvalue weighted by molar-refractivity contribution is 0.00578. The van der Waals surface area contributed by atoms with Gasteiger partial charge in [0.1, 0.15) is 5.73 Å². The lowest BCUT2D eigenvalue weighted by Gasteiger charge is -2.32. The Morgan fingerprint density at radius 1 is 1.25 bits per heavy atom. The number of nitrogens with zero attached hydrogens (tertiary/aromatic N) is 1. The van der Waals surface area contributed by atoms with Crippen molar-refractivity contribution < 1.29 is 13.7 Å². The van der Waals surface area contributed by atoms with Gasteiger partial charge in [0.2, 0.25) is 0 Å². The van der Waals surface area contributed by atoms with Gasteiger partial charge in [0.15, 0.2) is 0 Å². The fraction of sp³-hybridized carbons (Fsp3) is 0.722. The molecule has 24 heavy (non-hydrogen) atoms. The Kier molecular flexibility index (Phi) is 4.41. The third-order valence-electron chi connectivity index (χ3n) is 5.68. The topological polar surface area (TPSA) is 47.1 Å². The van der Waals surface area contributed by atoms with Gasteiger partial charge in [-0.15, -0.1) is 0 Å². The standard InChI is InChI=1S/C18H28BFN2O2/c1-11(2)15-13(16(22-21-15)12-8-7-9-12)10-14(20)19-23-17(3,4)18(5,6)24-19/h10-12H,7-9H2,1-6H3,(H,21,22). The van der Waals surface area contributed by atoms with Crippen molar-refractivity contribution in [2.75, 3.05) is 0 Å². The van der Waals surface area contributed by atoms with Crippen LogP contribution in [0.4, 0.5) is 4.39 Å². The number of H-pyrrole nitrogens is 1. The van der Waals surface area contributed by atoms with Crippen LogP contribution in [0.25, 0.3) is 6.08 Å². The Morgan fingerprint density at radius 3 is 2.29 bits per heavy atom. The summed E-state index contributed by atoms with van der Waals surface area (Å²) < 4.78 is 26.6. The summed E-state index contributed by atoms with van der Waals surface area (Å²) in [7, 11) is -0.959. The molecule has 6 heteroatoms. The van der Waals surface area contributed by atoms with Crippen LogP contribution in [0.2, 0.25) is 0 Å². The van der Waals surface area contributed by atoms with Crippen LogP contribution in [-0.4, -0.2) is 28.5 Å². The molecule has 0 radical (unpaired) electrons. The minimum Gasteiger partial charge on any atom is -0.398 e. The largest absolute Gasteiger partial charge is 0.525 e. The molecule has 1 saturated heterocycles. The SMILES string of the molecule is CC(C)c1n[nH]c(C2CCC2)c1C=C(F)B1OC(C)(C)C(C)(C)O1. The first-order valence-corrected chi connectivity index (χ1v) is 8.93. The van der Waals surface area contributed by atoms with Crippen molar-refractivity contribution in [1.29, 1.82) is 0 Å². The van der Waals surface area contributed by atoms with E-state index in [1.807, 2.05) is 27.7 Å². The Labute approximate surface area is 144 Å². The van der Waals surface area contributed by atoms with E-state index in [9.17, 15) is 4.39 Å². The summed E-state index contributed by atoms with van der Waals surface area (Å²) in [6.07, 6.45) is 5.07. The molecule has 1 N–H and O–H groups in total. The highest BCUT2D eigenvalue weighted by Gasteiger charge is 2.53. The number of aromatic nitrogens is 2. The predicted octanol–water partition coefficient (Wildman–Crippen LogP) is 4.74. The number of nitrogens with one attached hydrogen (secondary N) is 1. The zero-order chi connectivity index (χ0) is 17.7. The third-order valence-corrected chi connectivity index (χ3v) is 5.68. The summed E-state index contributed by atoms with van der Waals surface area (Å²) in [5, 5.41) is 7.58. The normalized spacial score (nSPS) is 23.8. The second kappa shape index (κ2) is 5.99. The van der Waals surface area contributed by atoms with Gasteiger partial charge in [0.25, 0.3) is 0 Å². The molecule has 1 aromatic rings. The second-order valence-electron chi connectivity index (χ2n) is 8.34. The predicted molar refractivity (Wildman–Crippen MR) is 94.4 cm³/mol. The zero-order valence-corrected chi connectivity index (χ0v) is 15.6. The van der Waals surface area contributed by atoms with E-state index in [2.05, 4.69) is 24.0 Å². The Morgan fingerprint density at radius 2 is 1.83 bits per heavy atom. The van der Waals surface area contributed by atoms with Crippen LogP contribution >= 0.6 is 0 Å². The van der Waals surface area contributed by atoms with Gasteiger partial charge in [-0.05, 0) is 52.5 Å². The molecule has 3 rings (SSSR count). The van der Waals surface area contributed by atoms with Crippen molar-refractivity contribution in [3.63, 3.8) is 0 Å². The van der Waals surface area contributed by atoms with Crippen LogP contribution in [0.5, 0.6) is 0 Å². The second-order valence-corrected chi connectivity index (χ2v) is 8.34.